The van der Waals surface area contributed by atoms with Gasteiger partial charge >= 0.3 is 6.18 Å². The molecule has 0 atom stereocenters. The van der Waals surface area contributed by atoms with Gasteiger partial charge in [-0.2, -0.15) is 13.2 Å². The number of alkyl halides is 3. The summed E-state index contributed by atoms with van der Waals surface area (Å²) >= 11 is 0. The predicted octanol–water partition coefficient (Wildman–Crippen LogP) is 3.45. The molecule has 0 radical (unpaired) electrons. The van der Waals surface area contributed by atoms with Crippen LogP contribution in [0.4, 0.5) is 18.9 Å². The maximum Gasteiger partial charge on any atom is 0.411 e. The lowest BCUT2D eigenvalue weighted by atomic mass is 10.1. The first-order valence-electron chi connectivity index (χ1n) is 7.01. The number of rotatable bonds is 8. The summed E-state index contributed by atoms with van der Waals surface area (Å²) < 4.78 is 40.5. The third kappa shape index (κ3) is 7.92. The van der Waals surface area contributed by atoms with Gasteiger partial charge in [0.2, 0.25) is 0 Å². The molecule has 0 amide bonds. The van der Waals surface area contributed by atoms with E-state index < -0.39 is 12.8 Å². The minimum atomic E-state index is -4.25. The number of hydrogen-bond donors (Lipinski definition) is 1. The van der Waals surface area contributed by atoms with Crippen LogP contribution in [0.1, 0.15) is 25.8 Å². The summed E-state index contributed by atoms with van der Waals surface area (Å²) in [6, 6.07) is 7.93. The molecule has 0 aromatic heterocycles. The van der Waals surface area contributed by atoms with Gasteiger partial charge < -0.3 is 10.5 Å². The highest BCUT2D eigenvalue weighted by atomic mass is 19.4. The van der Waals surface area contributed by atoms with Gasteiger partial charge in [0.25, 0.3) is 0 Å². The van der Waals surface area contributed by atoms with E-state index >= 15 is 0 Å². The molecule has 0 fully saturated rings. The van der Waals surface area contributed by atoms with Crippen molar-refractivity contribution in [2.24, 2.45) is 0 Å². The number of halogens is 3. The van der Waals surface area contributed by atoms with E-state index in [9.17, 15) is 13.2 Å². The maximum absolute atomic E-state index is 11.9. The van der Waals surface area contributed by atoms with Gasteiger partial charge in [-0.05, 0) is 38.0 Å². The highest BCUT2D eigenvalue weighted by Crippen LogP contribution is 2.15. The Morgan fingerprint density at radius 1 is 1.19 bits per heavy atom. The van der Waals surface area contributed by atoms with Crippen LogP contribution in [0, 0.1) is 0 Å². The average molecular weight is 304 g/mol. The van der Waals surface area contributed by atoms with E-state index in [4.69, 9.17) is 5.73 Å². The molecule has 0 heterocycles. The van der Waals surface area contributed by atoms with E-state index in [-0.39, 0.29) is 6.61 Å². The Morgan fingerprint density at radius 3 is 2.33 bits per heavy atom. The monoisotopic (exact) mass is 304 g/mol. The quantitative estimate of drug-likeness (QED) is 0.590. The van der Waals surface area contributed by atoms with E-state index in [1.807, 2.05) is 24.3 Å². The second-order valence-electron chi connectivity index (χ2n) is 5.33. The highest BCUT2D eigenvalue weighted by Gasteiger charge is 2.27. The zero-order chi connectivity index (χ0) is 15.9. The van der Waals surface area contributed by atoms with Crippen LogP contribution < -0.4 is 5.73 Å². The van der Waals surface area contributed by atoms with Crippen molar-refractivity contribution in [1.82, 2.24) is 4.90 Å². The summed E-state index contributed by atoms with van der Waals surface area (Å²) in [4.78, 5) is 2.20. The van der Waals surface area contributed by atoms with Crippen molar-refractivity contribution in [3.8, 4) is 0 Å². The molecule has 0 unspecified atom stereocenters. The van der Waals surface area contributed by atoms with Crippen LogP contribution >= 0.6 is 0 Å². The molecule has 21 heavy (non-hydrogen) atoms. The fraction of sp³-hybridized carbons (Fsp3) is 0.600. The maximum atomic E-state index is 11.9. The lowest BCUT2D eigenvalue weighted by Gasteiger charge is -2.26. The van der Waals surface area contributed by atoms with Gasteiger partial charge in [-0.25, -0.2) is 0 Å². The van der Waals surface area contributed by atoms with Crippen LogP contribution in [0.5, 0.6) is 0 Å². The van der Waals surface area contributed by atoms with Crippen LogP contribution in [0.3, 0.4) is 0 Å². The van der Waals surface area contributed by atoms with Crippen molar-refractivity contribution in [3.05, 3.63) is 29.8 Å². The molecule has 120 valence electrons. The Hall–Kier alpha value is -1.27. The largest absolute Gasteiger partial charge is 0.411 e. The first-order valence-corrected chi connectivity index (χ1v) is 7.01. The lowest BCUT2D eigenvalue weighted by molar-refractivity contribution is -0.174. The number of hydrogen-bond acceptors (Lipinski definition) is 3. The first kappa shape index (κ1) is 17.8. The minimum absolute atomic E-state index is 0.116. The number of anilines is 1. The number of nitrogens with two attached hydrogens (primary N) is 1. The summed E-state index contributed by atoms with van der Waals surface area (Å²) in [7, 11) is 0. The third-order valence-corrected chi connectivity index (χ3v) is 3.10. The normalized spacial score (nSPS) is 12.3. The molecule has 0 aliphatic rings. The summed E-state index contributed by atoms with van der Waals surface area (Å²) in [6.45, 7) is 4.51. The van der Waals surface area contributed by atoms with Crippen molar-refractivity contribution in [3.63, 3.8) is 0 Å². The van der Waals surface area contributed by atoms with Crippen LogP contribution in [0.2, 0.25) is 0 Å². The Kier molecular flexibility index (Phi) is 6.98. The van der Waals surface area contributed by atoms with Crippen molar-refractivity contribution in [2.45, 2.75) is 39.0 Å². The molecule has 0 bridgehead atoms. The van der Waals surface area contributed by atoms with Crippen LogP contribution in [0.15, 0.2) is 24.3 Å². The second-order valence-corrected chi connectivity index (χ2v) is 5.33. The molecule has 0 saturated heterocycles. The smallest absolute Gasteiger partial charge is 0.399 e. The standard InChI is InChI=1S/C15H23F3N2O/c1-12(2)20(8-3-9-21-11-15(16,17)18)10-13-4-6-14(19)7-5-13/h4-7,12H,3,8-11,19H2,1-2H3. The van der Waals surface area contributed by atoms with E-state index in [1.165, 1.54) is 0 Å². The minimum Gasteiger partial charge on any atom is -0.399 e. The molecule has 0 aliphatic heterocycles. The second kappa shape index (κ2) is 8.24. The molecule has 1 aromatic rings. The van der Waals surface area contributed by atoms with E-state index in [0.29, 0.717) is 19.0 Å². The number of nitrogens with zero attached hydrogens (tertiary/aromatic N) is 1. The number of ether oxygens (including phenoxy) is 1. The van der Waals surface area contributed by atoms with Crippen LogP contribution in [-0.2, 0) is 11.3 Å². The van der Waals surface area contributed by atoms with Crippen LogP contribution in [0.25, 0.3) is 0 Å². The molecular weight excluding hydrogens is 281 g/mol. The SMILES string of the molecule is CC(C)N(CCCOCC(F)(F)F)Cc1ccc(N)cc1. The van der Waals surface area contributed by atoms with Gasteiger partial charge in [0, 0.05) is 31.4 Å². The fourth-order valence-electron chi connectivity index (χ4n) is 1.93. The molecule has 0 aliphatic carbocycles. The van der Waals surface area contributed by atoms with Crippen molar-refractivity contribution >= 4 is 5.69 Å². The molecule has 0 spiro atoms. The lowest BCUT2D eigenvalue weighted by Crippen LogP contribution is -2.32. The summed E-state index contributed by atoms with van der Waals surface area (Å²) in [5.41, 5.74) is 7.50. The third-order valence-electron chi connectivity index (χ3n) is 3.10. The first-order chi connectivity index (χ1) is 9.78. The predicted molar refractivity (Wildman–Crippen MR) is 77.9 cm³/mol. The van der Waals surface area contributed by atoms with Gasteiger partial charge in [0.1, 0.15) is 6.61 Å². The van der Waals surface area contributed by atoms with Gasteiger partial charge in [-0.1, -0.05) is 12.1 Å². The molecule has 2 N–H and O–H groups in total. The fourth-order valence-corrected chi connectivity index (χ4v) is 1.93. The van der Waals surface area contributed by atoms with Gasteiger partial charge in [-0.3, -0.25) is 4.90 Å². The Morgan fingerprint density at radius 2 is 1.81 bits per heavy atom. The summed E-state index contributed by atoms with van der Waals surface area (Å²) in [5.74, 6) is 0. The molecule has 0 saturated carbocycles. The van der Waals surface area contributed by atoms with Crippen molar-refractivity contribution in [1.29, 1.82) is 0 Å². The number of nitrogen functional groups attached to an aromatic ring is 1. The molecule has 1 aromatic carbocycles. The molecule has 6 heteroatoms. The van der Waals surface area contributed by atoms with E-state index in [0.717, 1.165) is 17.8 Å². The highest BCUT2D eigenvalue weighted by molar-refractivity contribution is 5.39. The zero-order valence-corrected chi connectivity index (χ0v) is 12.5. The van der Waals surface area contributed by atoms with E-state index in [1.54, 1.807) is 0 Å². The number of benzene rings is 1. The molecule has 1 rings (SSSR count). The van der Waals surface area contributed by atoms with E-state index in [2.05, 4.69) is 23.5 Å². The Balaban J connectivity index is 2.35. The Labute approximate surface area is 123 Å². The van der Waals surface area contributed by atoms with Gasteiger partial charge in [0.05, 0.1) is 0 Å². The summed E-state index contributed by atoms with van der Waals surface area (Å²) in [6.07, 6.45) is -3.68. The molecule has 3 nitrogen and oxygen atoms in total. The summed E-state index contributed by atoms with van der Waals surface area (Å²) in [5, 5.41) is 0. The topological polar surface area (TPSA) is 38.5 Å². The van der Waals surface area contributed by atoms with Crippen molar-refractivity contribution < 1.29 is 17.9 Å². The van der Waals surface area contributed by atoms with Crippen LogP contribution in [-0.4, -0.2) is 36.9 Å². The van der Waals surface area contributed by atoms with Gasteiger partial charge in [-0.15, -0.1) is 0 Å². The Bertz CT molecular complexity index is 404. The molecular formula is C15H23F3N2O. The van der Waals surface area contributed by atoms with Crippen molar-refractivity contribution in [2.75, 3.05) is 25.5 Å². The zero-order valence-electron chi connectivity index (χ0n) is 12.5. The van der Waals surface area contributed by atoms with Gasteiger partial charge in [0.15, 0.2) is 0 Å². The average Bonchev–Trinajstić information content (AvgIpc) is 2.37.